The molecule has 5 heteroatoms. The van der Waals surface area contributed by atoms with Gasteiger partial charge >= 0.3 is 0 Å². The smallest absolute Gasteiger partial charge is 0.260 e. The van der Waals surface area contributed by atoms with Crippen LogP contribution in [0.25, 0.3) is 0 Å². The van der Waals surface area contributed by atoms with Crippen LogP contribution in [0.1, 0.15) is 31.7 Å². The molecule has 130 valence electrons. The van der Waals surface area contributed by atoms with Gasteiger partial charge in [0.2, 0.25) is 5.91 Å². The third-order valence-electron chi connectivity index (χ3n) is 4.79. The summed E-state index contributed by atoms with van der Waals surface area (Å²) in [6.45, 7) is 4.85. The number of carbonyl (C=O) groups excluding carboxylic acids is 2. The van der Waals surface area contributed by atoms with Crippen molar-refractivity contribution in [3.63, 3.8) is 0 Å². The Balaban J connectivity index is 1.50. The van der Waals surface area contributed by atoms with Crippen molar-refractivity contribution in [2.24, 2.45) is 5.92 Å². The quantitative estimate of drug-likeness (QED) is 0.831. The van der Waals surface area contributed by atoms with E-state index in [-0.39, 0.29) is 24.3 Å². The predicted molar refractivity (Wildman–Crippen MR) is 91.8 cm³/mol. The largest absolute Gasteiger partial charge is 0.483 e. The van der Waals surface area contributed by atoms with E-state index in [9.17, 15) is 9.59 Å². The first-order valence-electron chi connectivity index (χ1n) is 8.96. The number of ether oxygens (including phenoxy) is 1. The van der Waals surface area contributed by atoms with E-state index in [1.165, 1.54) is 0 Å². The predicted octanol–water partition coefficient (Wildman–Crippen LogP) is 2.10. The van der Waals surface area contributed by atoms with E-state index in [1.807, 2.05) is 34.1 Å². The number of aryl methyl sites for hydroxylation is 1. The minimum Gasteiger partial charge on any atom is -0.483 e. The van der Waals surface area contributed by atoms with Crippen LogP contribution in [0.2, 0.25) is 0 Å². The molecule has 0 bridgehead atoms. The summed E-state index contributed by atoms with van der Waals surface area (Å²) in [5.74, 6) is 1.31. The van der Waals surface area contributed by atoms with E-state index in [4.69, 9.17) is 4.74 Å². The van der Waals surface area contributed by atoms with Gasteiger partial charge in [0.1, 0.15) is 5.75 Å². The van der Waals surface area contributed by atoms with Gasteiger partial charge < -0.3 is 14.5 Å². The van der Waals surface area contributed by atoms with Gasteiger partial charge in [-0.1, -0.05) is 25.1 Å². The number of hydrogen-bond donors (Lipinski definition) is 0. The molecule has 5 nitrogen and oxygen atoms in total. The molecule has 2 fully saturated rings. The average molecular weight is 330 g/mol. The minimum atomic E-state index is 0.00151. The Labute approximate surface area is 143 Å². The van der Waals surface area contributed by atoms with Gasteiger partial charge in [-0.25, -0.2) is 0 Å². The molecule has 1 aromatic carbocycles. The molecule has 1 aliphatic carbocycles. The van der Waals surface area contributed by atoms with Gasteiger partial charge in [-0.15, -0.1) is 0 Å². The molecule has 1 aliphatic heterocycles. The molecular weight excluding hydrogens is 304 g/mol. The number of carbonyl (C=O) groups is 2. The van der Waals surface area contributed by atoms with Crippen molar-refractivity contribution < 1.29 is 14.3 Å². The van der Waals surface area contributed by atoms with E-state index < -0.39 is 0 Å². The Bertz CT molecular complexity index is 598. The van der Waals surface area contributed by atoms with Gasteiger partial charge in [0.15, 0.2) is 6.61 Å². The standard InChI is InChI=1S/C19H26N2O3/c1-2-15-6-3-4-7-17(15)24-14-18(22)20-10-5-11-21(13-12-20)19(23)16-8-9-16/h3-4,6-7,16H,2,5,8-14H2,1H3. The molecule has 2 aliphatic rings. The van der Waals surface area contributed by atoms with Crippen LogP contribution in [0.4, 0.5) is 0 Å². The number of hydrogen-bond acceptors (Lipinski definition) is 3. The highest BCUT2D eigenvalue weighted by Gasteiger charge is 2.34. The summed E-state index contributed by atoms with van der Waals surface area (Å²) in [7, 11) is 0. The summed E-state index contributed by atoms with van der Waals surface area (Å²) in [5, 5.41) is 0. The summed E-state index contributed by atoms with van der Waals surface area (Å²) in [4.78, 5) is 28.4. The van der Waals surface area contributed by atoms with Gasteiger partial charge in [-0.3, -0.25) is 9.59 Å². The van der Waals surface area contributed by atoms with Gasteiger partial charge in [0.05, 0.1) is 0 Å². The van der Waals surface area contributed by atoms with E-state index in [0.29, 0.717) is 19.6 Å². The molecule has 1 saturated heterocycles. The van der Waals surface area contributed by atoms with E-state index in [1.54, 1.807) is 0 Å². The lowest BCUT2D eigenvalue weighted by Gasteiger charge is -2.22. The van der Waals surface area contributed by atoms with Crippen LogP contribution in [0.5, 0.6) is 5.75 Å². The Hall–Kier alpha value is -2.04. The van der Waals surface area contributed by atoms with Crippen LogP contribution in [0, 0.1) is 5.92 Å². The average Bonchev–Trinajstić information content (AvgIpc) is 3.45. The van der Waals surface area contributed by atoms with Gasteiger partial charge in [-0.2, -0.15) is 0 Å². The molecule has 0 N–H and O–H groups in total. The normalized spacial score (nSPS) is 18.2. The highest BCUT2D eigenvalue weighted by molar-refractivity contribution is 5.81. The maximum atomic E-state index is 12.4. The summed E-state index contributed by atoms with van der Waals surface area (Å²) >= 11 is 0. The Morgan fingerprint density at radius 2 is 1.79 bits per heavy atom. The first kappa shape index (κ1) is 16.8. The minimum absolute atomic E-state index is 0.00151. The van der Waals surface area contributed by atoms with E-state index >= 15 is 0 Å². The van der Waals surface area contributed by atoms with Gasteiger partial charge in [-0.05, 0) is 37.3 Å². The van der Waals surface area contributed by atoms with Gasteiger partial charge in [0.25, 0.3) is 5.91 Å². The molecular formula is C19H26N2O3. The van der Waals surface area contributed by atoms with Crippen LogP contribution in [-0.2, 0) is 16.0 Å². The highest BCUT2D eigenvalue weighted by Crippen LogP contribution is 2.31. The second-order valence-electron chi connectivity index (χ2n) is 6.58. The van der Waals surface area contributed by atoms with Crippen molar-refractivity contribution in [1.82, 2.24) is 9.80 Å². The maximum absolute atomic E-state index is 12.4. The zero-order valence-electron chi connectivity index (χ0n) is 14.4. The number of nitrogens with zero attached hydrogens (tertiary/aromatic N) is 2. The van der Waals surface area contributed by atoms with E-state index in [0.717, 1.165) is 43.5 Å². The molecule has 0 radical (unpaired) electrons. The highest BCUT2D eigenvalue weighted by atomic mass is 16.5. The van der Waals surface area contributed by atoms with Crippen LogP contribution in [-0.4, -0.2) is 54.4 Å². The molecule has 0 atom stereocenters. The molecule has 2 amide bonds. The fourth-order valence-corrected chi connectivity index (χ4v) is 3.14. The van der Waals surface area contributed by atoms with Crippen molar-refractivity contribution in [3.05, 3.63) is 29.8 Å². The lowest BCUT2D eigenvalue weighted by atomic mass is 10.1. The third kappa shape index (κ3) is 4.08. The van der Waals surface area contributed by atoms with Crippen LogP contribution in [0.3, 0.4) is 0 Å². The second-order valence-corrected chi connectivity index (χ2v) is 6.58. The summed E-state index contributed by atoms with van der Waals surface area (Å²) in [6, 6.07) is 7.83. The van der Waals surface area contributed by atoms with Crippen molar-refractivity contribution >= 4 is 11.8 Å². The molecule has 24 heavy (non-hydrogen) atoms. The lowest BCUT2D eigenvalue weighted by molar-refractivity contribution is -0.135. The maximum Gasteiger partial charge on any atom is 0.260 e. The summed E-state index contributed by atoms with van der Waals surface area (Å²) in [6.07, 6.45) is 3.79. The van der Waals surface area contributed by atoms with Crippen molar-refractivity contribution in [2.45, 2.75) is 32.6 Å². The molecule has 0 unspecified atom stereocenters. The van der Waals surface area contributed by atoms with Crippen molar-refractivity contribution in [3.8, 4) is 5.75 Å². The summed E-state index contributed by atoms with van der Waals surface area (Å²) in [5.41, 5.74) is 1.11. The Morgan fingerprint density at radius 1 is 1.08 bits per heavy atom. The number of benzene rings is 1. The first-order chi connectivity index (χ1) is 11.7. The topological polar surface area (TPSA) is 49.9 Å². The van der Waals surface area contributed by atoms with Crippen molar-refractivity contribution in [2.75, 3.05) is 32.8 Å². The van der Waals surface area contributed by atoms with Crippen molar-refractivity contribution in [1.29, 1.82) is 0 Å². The third-order valence-corrected chi connectivity index (χ3v) is 4.79. The molecule has 0 spiro atoms. The molecule has 1 saturated carbocycles. The Kier molecular flexibility index (Phi) is 5.38. The second kappa shape index (κ2) is 7.69. The SMILES string of the molecule is CCc1ccccc1OCC(=O)N1CCCN(C(=O)C2CC2)CC1. The molecule has 1 aromatic rings. The zero-order valence-corrected chi connectivity index (χ0v) is 14.4. The zero-order chi connectivity index (χ0) is 16.9. The number of rotatable bonds is 5. The fourth-order valence-electron chi connectivity index (χ4n) is 3.14. The molecule has 3 rings (SSSR count). The fraction of sp³-hybridized carbons (Fsp3) is 0.579. The summed E-state index contributed by atoms with van der Waals surface area (Å²) < 4.78 is 5.73. The van der Waals surface area contributed by atoms with Crippen LogP contribution in [0.15, 0.2) is 24.3 Å². The van der Waals surface area contributed by atoms with Crippen LogP contribution < -0.4 is 4.74 Å². The Morgan fingerprint density at radius 3 is 2.54 bits per heavy atom. The van der Waals surface area contributed by atoms with Gasteiger partial charge in [0, 0.05) is 32.1 Å². The lowest BCUT2D eigenvalue weighted by Crippen LogP contribution is -2.39. The number of para-hydroxylation sites is 1. The molecule has 0 aromatic heterocycles. The van der Waals surface area contributed by atoms with E-state index in [2.05, 4.69) is 6.92 Å². The monoisotopic (exact) mass is 330 g/mol. The van der Waals surface area contributed by atoms with Crippen LogP contribution >= 0.6 is 0 Å². The first-order valence-corrected chi connectivity index (χ1v) is 8.96. The number of amides is 2. The molecule has 1 heterocycles.